The average molecular weight is 427 g/mol. The predicted molar refractivity (Wildman–Crippen MR) is 116 cm³/mol. The molecule has 8 heteroatoms. The number of para-hydroxylation sites is 1. The van der Waals surface area contributed by atoms with Crippen LogP contribution in [-0.4, -0.2) is 51.3 Å². The van der Waals surface area contributed by atoms with Crippen LogP contribution in [0.25, 0.3) is 0 Å². The molecule has 1 atom stereocenters. The maximum Gasteiger partial charge on any atom is 0.168 e. The van der Waals surface area contributed by atoms with Crippen LogP contribution in [0.15, 0.2) is 48.5 Å². The SMILES string of the molecule is CCCC[C@@H](c1nnnn1Cc1ccc(F)cc1)N1CCN(c2ccccc2F)CC1. The Kier molecular flexibility index (Phi) is 6.86. The lowest BCUT2D eigenvalue weighted by atomic mass is 10.1. The van der Waals surface area contributed by atoms with E-state index in [-0.39, 0.29) is 17.7 Å². The van der Waals surface area contributed by atoms with Crippen molar-refractivity contribution in [1.82, 2.24) is 25.1 Å². The molecule has 0 amide bonds. The standard InChI is InChI=1S/C23H28F2N6/c1-2-3-7-22(23-26-27-28-31(23)17-18-9-11-19(24)12-10-18)30-15-13-29(14-16-30)21-8-5-4-6-20(21)25/h4-6,8-12,22H,2-3,7,13-17H2,1H3/t22-/m0/s1. The lowest BCUT2D eigenvalue weighted by molar-refractivity contribution is 0.162. The van der Waals surface area contributed by atoms with Gasteiger partial charge in [0.15, 0.2) is 5.82 Å². The maximum atomic E-state index is 14.2. The number of rotatable bonds is 8. The Morgan fingerprint density at radius 3 is 2.42 bits per heavy atom. The van der Waals surface area contributed by atoms with Gasteiger partial charge in [-0.25, -0.2) is 13.5 Å². The Labute approximate surface area is 181 Å². The summed E-state index contributed by atoms with van der Waals surface area (Å²) < 4.78 is 29.3. The van der Waals surface area contributed by atoms with E-state index in [1.54, 1.807) is 18.2 Å². The number of anilines is 1. The van der Waals surface area contributed by atoms with E-state index >= 15 is 0 Å². The van der Waals surface area contributed by atoms with Crippen molar-refractivity contribution >= 4 is 5.69 Å². The molecule has 3 aromatic rings. The fourth-order valence-electron chi connectivity index (χ4n) is 4.18. The molecule has 2 heterocycles. The third-order valence-corrected chi connectivity index (χ3v) is 5.88. The van der Waals surface area contributed by atoms with Gasteiger partial charge in [0.05, 0.1) is 18.3 Å². The molecule has 0 spiro atoms. The number of benzene rings is 2. The van der Waals surface area contributed by atoms with Gasteiger partial charge in [-0.05, 0) is 46.7 Å². The molecule has 164 valence electrons. The summed E-state index contributed by atoms with van der Waals surface area (Å²) >= 11 is 0. The quantitative estimate of drug-likeness (QED) is 0.544. The van der Waals surface area contributed by atoms with Gasteiger partial charge in [-0.2, -0.15) is 0 Å². The van der Waals surface area contributed by atoms with Crippen LogP contribution in [0.4, 0.5) is 14.5 Å². The van der Waals surface area contributed by atoms with E-state index in [9.17, 15) is 8.78 Å². The smallest absolute Gasteiger partial charge is 0.168 e. The van der Waals surface area contributed by atoms with Crippen molar-refractivity contribution in [2.75, 3.05) is 31.1 Å². The van der Waals surface area contributed by atoms with E-state index in [1.165, 1.54) is 18.2 Å². The molecule has 1 aliphatic rings. The summed E-state index contributed by atoms with van der Waals surface area (Å²) in [5, 5.41) is 12.5. The van der Waals surface area contributed by atoms with Crippen molar-refractivity contribution in [1.29, 1.82) is 0 Å². The number of halogens is 2. The first-order valence-electron chi connectivity index (χ1n) is 10.9. The highest BCUT2D eigenvalue weighted by atomic mass is 19.1. The van der Waals surface area contributed by atoms with Gasteiger partial charge in [0.1, 0.15) is 11.6 Å². The summed E-state index contributed by atoms with van der Waals surface area (Å²) in [5.74, 6) is 0.396. The molecule has 1 aromatic heterocycles. The second-order valence-electron chi connectivity index (χ2n) is 7.95. The van der Waals surface area contributed by atoms with Crippen LogP contribution in [-0.2, 0) is 6.54 Å². The zero-order valence-corrected chi connectivity index (χ0v) is 17.8. The number of aromatic nitrogens is 4. The second-order valence-corrected chi connectivity index (χ2v) is 7.95. The summed E-state index contributed by atoms with van der Waals surface area (Å²) in [6.07, 6.45) is 3.12. The van der Waals surface area contributed by atoms with E-state index in [0.29, 0.717) is 12.2 Å². The average Bonchev–Trinajstić information content (AvgIpc) is 3.24. The molecule has 0 saturated carbocycles. The summed E-state index contributed by atoms with van der Waals surface area (Å²) in [6.45, 7) is 5.81. The molecule has 0 unspecified atom stereocenters. The van der Waals surface area contributed by atoms with Crippen LogP contribution < -0.4 is 4.90 Å². The maximum absolute atomic E-state index is 14.2. The summed E-state index contributed by atoms with van der Waals surface area (Å²) in [5.41, 5.74) is 1.61. The van der Waals surface area contributed by atoms with Crippen molar-refractivity contribution in [3.8, 4) is 0 Å². The molecular formula is C23H28F2N6. The lowest BCUT2D eigenvalue weighted by Crippen LogP contribution is -2.48. The van der Waals surface area contributed by atoms with Gasteiger partial charge in [-0.15, -0.1) is 5.10 Å². The Morgan fingerprint density at radius 1 is 0.968 bits per heavy atom. The Balaban J connectivity index is 1.49. The minimum absolute atomic E-state index is 0.0955. The third-order valence-electron chi connectivity index (χ3n) is 5.88. The van der Waals surface area contributed by atoms with Crippen molar-refractivity contribution in [2.45, 2.75) is 38.8 Å². The monoisotopic (exact) mass is 426 g/mol. The van der Waals surface area contributed by atoms with Crippen molar-refractivity contribution in [3.63, 3.8) is 0 Å². The minimum atomic E-state index is -0.255. The van der Waals surface area contributed by atoms with Gasteiger partial charge >= 0.3 is 0 Å². The molecule has 31 heavy (non-hydrogen) atoms. The van der Waals surface area contributed by atoms with E-state index in [0.717, 1.165) is 56.8 Å². The summed E-state index contributed by atoms with van der Waals surface area (Å²) in [7, 11) is 0. The third kappa shape index (κ3) is 5.07. The van der Waals surface area contributed by atoms with Gasteiger partial charge in [0, 0.05) is 26.2 Å². The van der Waals surface area contributed by atoms with Crippen LogP contribution in [0.3, 0.4) is 0 Å². The second kappa shape index (κ2) is 9.96. The fraction of sp³-hybridized carbons (Fsp3) is 0.435. The largest absolute Gasteiger partial charge is 0.367 e. The van der Waals surface area contributed by atoms with Crippen molar-refractivity contribution in [2.24, 2.45) is 0 Å². The van der Waals surface area contributed by atoms with Crippen molar-refractivity contribution in [3.05, 3.63) is 71.6 Å². The highest BCUT2D eigenvalue weighted by molar-refractivity contribution is 5.48. The first-order valence-corrected chi connectivity index (χ1v) is 10.9. The molecule has 2 aromatic carbocycles. The van der Waals surface area contributed by atoms with E-state index in [2.05, 4.69) is 32.2 Å². The molecule has 0 radical (unpaired) electrons. The zero-order valence-electron chi connectivity index (χ0n) is 17.8. The molecular weight excluding hydrogens is 398 g/mol. The van der Waals surface area contributed by atoms with Gasteiger partial charge in [0.2, 0.25) is 0 Å². The van der Waals surface area contributed by atoms with Crippen LogP contribution in [0.5, 0.6) is 0 Å². The predicted octanol–water partition coefficient (Wildman–Crippen LogP) is 4.05. The molecule has 1 saturated heterocycles. The van der Waals surface area contributed by atoms with E-state index in [4.69, 9.17) is 0 Å². The lowest BCUT2D eigenvalue weighted by Gasteiger charge is -2.39. The Bertz CT molecular complexity index is 966. The Hall–Kier alpha value is -2.87. The normalized spacial score (nSPS) is 15.9. The topological polar surface area (TPSA) is 50.1 Å². The Morgan fingerprint density at radius 2 is 1.71 bits per heavy atom. The van der Waals surface area contributed by atoms with E-state index < -0.39 is 0 Å². The van der Waals surface area contributed by atoms with Gasteiger partial charge in [-0.1, -0.05) is 44.0 Å². The molecule has 6 nitrogen and oxygen atoms in total. The highest BCUT2D eigenvalue weighted by Crippen LogP contribution is 2.28. The van der Waals surface area contributed by atoms with E-state index in [1.807, 2.05) is 16.8 Å². The zero-order chi connectivity index (χ0) is 21.6. The summed E-state index contributed by atoms with van der Waals surface area (Å²) in [4.78, 5) is 4.50. The first kappa shape index (κ1) is 21.4. The summed E-state index contributed by atoms with van der Waals surface area (Å²) in [6, 6.07) is 13.5. The van der Waals surface area contributed by atoms with Crippen LogP contribution in [0.1, 0.15) is 43.6 Å². The fourth-order valence-corrected chi connectivity index (χ4v) is 4.18. The van der Waals surface area contributed by atoms with Crippen LogP contribution in [0.2, 0.25) is 0 Å². The molecule has 1 aliphatic heterocycles. The number of nitrogens with zero attached hydrogens (tertiary/aromatic N) is 6. The molecule has 1 fully saturated rings. The molecule has 0 aliphatic carbocycles. The minimum Gasteiger partial charge on any atom is -0.367 e. The molecule has 4 rings (SSSR count). The molecule has 0 bridgehead atoms. The number of unbranched alkanes of at least 4 members (excludes halogenated alkanes) is 1. The van der Waals surface area contributed by atoms with Crippen LogP contribution in [0, 0.1) is 11.6 Å². The highest BCUT2D eigenvalue weighted by Gasteiger charge is 2.29. The van der Waals surface area contributed by atoms with Crippen LogP contribution >= 0.6 is 0 Å². The molecule has 0 N–H and O–H groups in total. The van der Waals surface area contributed by atoms with Gasteiger partial charge in [0.25, 0.3) is 0 Å². The van der Waals surface area contributed by atoms with Gasteiger partial charge in [-0.3, -0.25) is 4.90 Å². The number of tetrazole rings is 1. The number of hydrogen-bond acceptors (Lipinski definition) is 5. The number of piperazine rings is 1. The van der Waals surface area contributed by atoms with Gasteiger partial charge < -0.3 is 4.90 Å². The first-order chi connectivity index (χ1) is 15.2. The van der Waals surface area contributed by atoms with Crippen molar-refractivity contribution < 1.29 is 8.78 Å². The number of hydrogen-bond donors (Lipinski definition) is 0.